The van der Waals surface area contributed by atoms with Gasteiger partial charge < -0.3 is 10.2 Å². The summed E-state index contributed by atoms with van der Waals surface area (Å²) in [6, 6.07) is 16.2. The van der Waals surface area contributed by atoms with E-state index in [4.69, 9.17) is 25.9 Å². The van der Waals surface area contributed by atoms with Gasteiger partial charge in [0.15, 0.2) is 5.57 Å². The monoisotopic (exact) mass is 364 g/mol. The normalized spacial score (nSPS) is 10.3. The third kappa shape index (κ3) is 3.49. The summed E-state index contributed by atoms with van der Waals surface area (Å²) in [5.41, 5.74) is 6.06. The molecule has 1 heterocycles. The number of hydrogen-bond acceptors (Lipinski definition) is 5. The highest BCUT2D eigenvalue weighted by atomic mass is 79.9. The average molecular weight is 365 g/mol. The summed E-state index contributed by atoms with van der Waals surface area (Å²) in [6.07, 6.45) is 1.39. The Hall–Kier alpha value is -3.27. The highest BCUT2D eigenvalue weighted by Gasteiger charge is 2.11. The molecule has 110 valence electrons. The Balaban J connectivity index is 2.44. The lowest BCUT2D eigenvalue weighted by molar-refractivity contribution is 0.571. The molecule has 1 aromatic carbocycles. The van der Waals surface area contributed by atoms with Crippen LogP contribution in [0, 0.1) is 34.0 Å². The molecule has 0 aliphatic carbocycles. The minimum Gasteiger partial charge on any atom is -0.457 e. The maximum Gasteiger partial charge on any atom is 0.153 e. The molecule has 0 bridgehead atoms. The summed E-state index contributed by atoms with van der Waals surface area (Å²) >= 11 is 3.44. The Morgan fingerprint density at radius 2 is 1.74 bits per heavy atom. The van der Waals surface area contributed by atoms with E-state index in [-0.39, 0.29) is 16.8 Å². The number of rotatable bonds is 3. The van der Waals surface area contributed by atoms with Crippen molar-refractivity contribution in [1.82, 2.24) is 0 Å². The SMILES string of the molecule is N#CC(C#N)=C(N)/C(C#N)=C/c1ccc(-c2ccccc2Br)o1. The van der Waals surface area contributed by atoms with Crippen LogP contribution in [-0.4, -0.2) is 0 Å². The number of hydrogen-bond donors (Lipinski definition) is 1. The van der Waals surface area contributed by atoms with Crippen molar-refractivity contribution in [1.29, 1.82) is 15.8 Å². The van der Waals surface area contributed by atoms with Crippen LogP contribution in [0.2, 0.25) is 0 Å². The number of benzene rings is 1. The van der Waals surface area contributed by atoms with Crippen molar-refractivity contribution in [3.8, 4) is 29.5 Å². The van der Waals surface area contributed by atoms with Gasteiger partial charge in [-0.1, -0.05) is 34.1 Å². The fourth-order valence-electron chi connectivity index (χ4n) is 1.83. The first kappa shape index (κ1) is 16.1. The summed E-state index contributed by atoms with van der Waals surface area (Å²) in [4.78, 5) is 0. The van der Waals surface area contributed by atoms with E-state index in [2.05, 4.69) is 15.9 Å². The third-order valence-corrected chi connectivity index (χ3v) is 3.65. The van der Waals surface area contributed by atoms with Crippen LogP contribution in [0.15, 0.2) is 62.1 Å². The Morgan fingerprint density at radius 1 is 1.04 bits per heavy atom. The van der Waals surface area contributed by atoms with Crippen molar-refractivity contribution in [3.63, 3.8) is 0 Å². The molecule has 5 nitrogen and oxygen atoms in total. The first-order valence-corrected chi connectivity index (χ1v) is 7.17. The summed E-state index contributed by atoms with van der Waals surface area (Å²) in [6.45, 7) is 0. The lowest BCUT2D eigenvalue weighted by Crippen LogP contribution is -2.03. The van der Waals surface area contributed by atoms with E-state index in [0.29, 0.717) is 11.5 Å². The van der Waals surface area contributed by atoms with Crippen LogP contribution in [0.4, 0.5) is 0 Å². The summed E-state index contributed by atoms with van der Waals surface area (Å²) in [5, 5.41) is 26.8. The second-order valence-corrected chi connectivity index (χ2v) is 5.22. The molecule has 2 rings (SSSR count). The zero-order chi connectivity index (χ0) is 16.8. The van der Waals surface area contributed by atoms with Gasteiger partial charge in [0, 0.05) is 16.1 Å². The highest BCUT2D eigenvalue weighted by Crippen LogP contribution is 2.30. The first-order chi connectivity index (χ1) is 11.1. The van der Waals surface area contributed by atoms with Crippen molar-refractivity contribution in [2.45, 2.75) is 0 Å². The average Bonchev–Trinajstić information content (AvgIpc) is 3.02. The summed E-state index contributed by atoms with van der Waals surface area (Å²) < 4.78 is 6.55. The number of allylic oxidation sites excluding steroid dienone is 2. The molecule has 0 unspecified atom stereocenters. The molecule has 1 aromatic heterocycles. The maximum atomic E-state index is 9.17. The van der Waals surface area contributed by atoms with Crippen LogP contribution in [-0.2, 0) is 0 Å². The smallest absolute Gasteiger partial charge is 0.153 e. The topological polar surface area (TPSA) is 111 Å². The van der Waals surface area contributed by atoms with Crippen molar-refractivity contribution >= 4 is 22.0 Å². The Kier molecular flexibility index (Phi) is 5.00. The maximum absolute atomic E-state index is 9.17. The Labute approximate surface area is 141 Å². The second kappa shape index (κ2) is 7.13. The molecule has 0 spiro atoms. The molecule has 0 saturated heterocycles. The van der Waals surface area contributed by atoms with Crippen LogP contribution in [0.5, 0.6) is 0 Å². The minimum atomic E-state index is -0.310. The molecule has 0 amide bonds. The van der Waals surface area contributed by atoms with Crippen LogP contribution in [0.25, 0.3) is 17.4 Å². The van der Waals surface area contributed by atoms with Gasteiger partial charge in [0.1, 0.15) is 29.7 Å². The van der Waals surface area contributed by atoms with Gasteiger partial charge in [0.05, 0.1) is 11.3 Å². The first-order valence-electron chi connectivity index (χ1n) is 6.37. The van der Waals surface area contributed by atoms with Gasteiger partial charge in [-0.3, -0.25) is 0 Å². The van der Waals surface area contributed by atoms with Gasteiger partial charge in [-0.15, -0.1) is 0 Å². The number of nitriles is 3. The summed E-state index contributed by atoms with van der Waals surface area (Å²) in [5.74, 6) is 1.01. The van der Waals surface area contributed by atoms with Crippen LogP contribution >= 0.6 is 15.9 Å². The molecular weight excluding hydrogens is 356 g/mol. The predicted octanol–water partition coefficient (Wildman–Crippen LogP) is 3.88. The van der Waals surface area contributed by atoms with E-state index in [0.717, 1.165) is 10.0 Å². The van der Waals surface area contributed by atoms with E-state index in [1.54, 1.807) is 24.3 Å². The van der Waals surface area contributed by atoms with Crippen molar-refractivity contribution in [2.75, 3.05) is 0 Å². The third-order valence-electron chi connectivity index (χ3n) is 2.96. The molecule has 0 fully saturated rings. The number of furan rings is 1. The van der Waals surface area contributed by atoms with Gasteiger partial charge in [-0.05, 0) is 18.2 Å². The Morgan fingerprint density at radius 3 is 2.35 bits per heavy atom. The van der Waals surface area contributed by atoms with Crippen LogP contribution in [0.1, 0.15) is 5.76 Å². The van der Waals surface area contributed by atoms with E-state index in [1.165, 1.54) is 6.08 Å². The van der Waals surface area contributed by atoms with Gasteiger partial charge >= 0.3 is 0 Å². The van der Waals surface area contributed by atoms with Crippen molar-refractivity contribution in [2.24, 2.45) is 5.73 Å². The number of nitrogens with zero attached hydrogens (tertiary/aromatic N) is 3. The minimum absolute atomic E-state index is 0.00359. The molecule has 23 heavy (non-hydrogen) atoms. The largest absolute Gasteiger partial charge is 0.457 e. The van der Waals surface area contributed by atoms with Gasteiger partial charge in [0.25, 0.3) is 0 Å². The number of nitrogens with two attached hydrogens (primary N) is 1. The van der Waals surface area contributed by atoms with Gasteiger partial charge in [-0.25, -0.2) is 0 Å². The zero-order valence-corrected chi connectivity index (χ0v) is 13.3. The molecule has 0 saturated carbocycles. The van der Waals surface area contributed by atoms with E-state index < -0.39 is 0 Å². The van der Waals surface area contributed by atoms with Crippen molar-refractivity contribution < 1.29 is 4.42 Å². The molecule has 6 heteroatoms. The van der Waals surface area contributed by atoms with E-state index in [9.17, 15) is 0 Å². The molecule has 0 aliphatic heterocycles. The molecule has 0 aliphatic rings. The van der Waals surface area contributed by atoms with Crippen molar-refractivity contribution in [3.05, 3.63) is 63.5 Å². The van der Waals surface area contributed by atoms with Gasteiger partial charge in [-0.2, -0.15) is 15.8 Å². The standard InChI is InChI=1S/C17H9BrN4O/c18-15-4-2-1-3-14(15)16-6-5-13(23-16)7-11(8-19)17(22)12(9-20)10-21/h1-7H,22H2/b11-7+. The fourth-order valence-corrected chi connectivity index (χ4v) is 2.31. The fraction of sp³-hybridized carbons (Fsp3) is 0. The summed E-state index contributed by atoms with van der Waals surface area (Å²) in [7, 11) is 0. The zero-order valence-electron chi connectivity index (χ0n) is 11.7. The molecular formula is C17H9BrN4O. The predicted molar refractivity (Wildman–Crippen MR) is 87.9 cm³/mol. The van der Waals surface area contributed by atoms with E-state index in [1.807, 2.05) is 30.3 Å². The van der Waals surface area contributed by atoms with Gasteiger partial charge in [0.2, 0.25) is 0 Å². The molecule has 0 atom stereocenters. The molecule has 2 aromatic rings. The van der Waals surface area contributed by atoms with Crippen LogP contribution < -0.4 is 5.73 Å². The quantitative estimate of drug-likeness (QED) is 0.656. The van der Waals surface area contributed by atoms with Crippen LogP contribution in [0.3, 0.4) is 0 Å². The second-order valence-electron chi connectivity index (χ2n) is 4.36. The Bertz CT molecular complexity index is 916. The number of halogens is 1. The molecule has 2 N–H and O–H groups in total. The lowest BCUT2D eigenvalue weighted by atomic mass is 10.1. The molecule has 0 radical (unpaired) electrons. The highest BCUT2D eigenvalue weighted by molar-refractivity contribution is 9.10. The van der Waals surface area contributed by atoms with E-state index >= 15 is 0 Å². The lowest BCUT2D eigenvalue weighted by Gasteiger charge is -2.00.